The van der Waals surface area contributed by atoms with Crippen molar-refractivity contribution in [1.82, 2.24) is 0 Å². The van der Waals surface area contributed by atoms with Crippen LogP contribution in [-0.2, 0) is 0 Å². The molecular weight excluding hydrogens is 284 g/mol. The van der Waals surface area contributed by atoms with Gasteiger partial charge in [-0.15, -0.1) is 0 Å². The molecular formula is C18H21F2NO. The fourth-order valence-electron chi connectivity index (χ4n) is 2.20. The van der Waals surface area contributed by atoms with Gasteiger partial charge in [0.1, 0.15) is 5.75 Å². The van der Waals surface area contributed by atoms with Crippen LogP contribution in [0.2, 0.25) is 0 Å². The lowest BCUT2D eigenvalue weighted by Gasteiger charge is -2.17. The van der Waals surface area contributed by atoms with E-state index in [-0.39, 0.29) is 5.56 Å². The number of ether oxygens (including phenoxy) is 1. The van der Waals surface area contributed by atoms with Crippen molar-refractivity contribution in [2.45, 2.75) is 32.7 Å². The van der Waals surface area contributed by atoms with Crippen LogP contribution in [0.3, 0.4) is 0 Å². The first kappa shape index (κ1) is 16.4. The van der Waals surface area contributed by atoms with Gasteiger partial charge in [-0.1, -0.05) is 38.1 Å². The molecule has 0 aliphatic rings. The van der Waals surface area contributed by atoms with Crippen LogP contribution in [-0.4, -0.2) is 0 Å². The molecule has 1 atom stereocenters. The van der Waals surface area contributed by atoms with Gasteiger partial charge in [0.2, 0.25) is 0 Å². The van der Waals surface area contributed by atoms with E-state index in [1.165, 1.54) is 12.1 Å². The predicted octanol–water partition coefficient (Wildman–Crippen LogP) is 5.19. The number of benzene rings is 2. The lowest BCUT2D eigenvalue weighted by Crippen LogP contribution is -2.14. The van der Waals surface area contributed by atoms with Gasteiger partial charge in [-0.05, 0) is 37.0 Å². The molecule has 118 valence electrons. The fourth-order valence-corrected chi connectivity index (χ4v) is 2.20. The Kier molecular flexibility index (Phi) is 5.50. The van der Waals surface area contributed by atoms with Gasteiger partial charge in [0.15, 0.2) is 17.4 Å². The highest BCUT2D eigenvalue weighted by Crippen LogP contribution is 2.32. The first-order valence-electron chi connectivity index (χ1n) is 7.45. The average molecular weight is 305 g/mol. The maximum atomic E-state index is 14.5. The Bertz CT molecular complexity index is 614. The number of halogens is 2. The number of rotatable bonds is 6. The van der Waals surface area contributed by atoms with Crippen molar-refractivity contribution in [2.75, 3.05) is 0 Å². The summed E-state index contributed by atoms with van der Waals surface area (Å²) in [6, 6.07) is 10.7. The van der Waals surface area contributed by atoms with E-state index in [0.717, 1.165) is 6.42 Å². The first-order chi connectivity index (χ1) is 10.5. The van der Waals surface area contributed by atoms with E-state index >= 15 is 0 Å². The van der Waals surface area contributed by atoms with Crippen molar-refractivity contribution in [2.24, 2.45) is 11.7 Å². The number of hydrogen-bond donors (Lipinski definition) is 1. The van der Waals surface area contributed by atoms with Gasteiger partial charge < -0.3 is 10.5 Å². The lowest BCUT2D eigenvalue weighted by atomic mass is 9.97. The van der Waals surface area contributed by atoms with E-state index in [1.54, 1.807) is 30.3 Å². The zero-order chi connectivity index (χ0) is 16.1. The van der Waals surface area contributed by atoms with Crippen LogP contribution >= 0.6 is 0 Å². The van der Waals surface area contributed by atoms with Crippen molar-refractivity contribution < 1.29 is 13.5 Å². The summed E-state index contributed by atoms with van der Waals surface area (Å²) in [4.78, 5) is 0. The van der Waals surface area contributed by atoms with Crippen molar-refractivity contribution in [3.05, 3.63) is 59.7 Å². The Morgan fingerprint density at radius 3 is 2.32 bits per heavy atom. The average Bonchev–Trinajstić information content (AvgIpc) is 2.50. The minimum atomic E-state index is -0.735. The second-order valence-corrected chi connectivity index (χ2v) is 5.77. The van der Waals surface area contributed by atoms with Gasteiger partial charge in [0, 0.05) is 11.6 Å². The molecule has 0 heterocycles. The van der Waals surface area contributed by atoms with E-state index in [1.807, 2.05) is 0 Å². The van der Waals surface area contributed by atoms with Gasteiger partial charge in [0.25, 0.3) is 0 Å². The van der Waals surface area contributed by atoms with E-state index in [9.17, 15) is 8.78 Å². The maximum Gasteiger partial charge on any atom is 0.198 e. The molecule has 2 N–H and O–H groups in total. The highest BCUT2D eigenvalue weighted by molar-refractivity contribution is 5.38. The Balaban J connectivity index is 2.25. The second-order valence-electron chi connectivity index (χ2n) is 5.77. The molecule has 0 saturated heterocycles. The van der Waals surface area contributed by atoms with Crippen LogP contribution in [0.25, 0.3) is 0 Å². The monoisotopic (exact) mass is 305 g/mol. The molecule has 2 nitrogen and oxygen atoms in total. The van der Waals surface area contributed by atoms with Gasteiger partial charge in [-0.2, -0.15) is 0 Å². The Labute approximate surface area is 129 Å². The molecule has 4 heteroatoms. The lowest BCUT2D eigenvalue weighted by molar-refractivity contribution is 0.398. The number of hydrogen-bond acceptors (Lipinski definition) is 2. The molecule has 1 unspecified atom stereocenters. The molecule has 22 heavy (non-hydrogen) atoms. The van der Waals surface area contributed by atoms with E-state index in [2.05, 4.69) is 13.8 Å². The van der Waals surface area contributed by atoms with Crippen LogP contribution in [0.15, 0.2) is 42.5 Å². The highest BCUT2D eigenvalue weighted by atomic mass is 19.1. The SMILES string of the molecule is CC(C)CCC(N)c1ccc(F)c(Oc2ccccc2)c1F. The molecule has 0 aliphatic heterocycles. The predicted molar refractivity (Wildman–Crippen MR) is 83.9 cm³/mol. The largest absolute Gasteiger partial charge is 0.451 e. The number of para-hydroxylation sites is 1. The van der Waals surface area contributed by atoms with E-state index < -0.39 is 23.4 Å². The molecule has 0 amide bonds. The summed E-state index contributed by atoms with van der Waals surface area (Å²) in [6.45, 7) is 4.16. The van der Waals surface area contributed by atoms with E-state index in [0.29, 0.717) is 18.1 Å². The molecule has 0 saturated carbocycles. The normalized spacial score (nSPS) is 12.5. The Morgan fingerprint density at radius 2 is 1.68 bits per heavy atom. The van der Waals surface area contributed by atoms with Gasteiger partial charge >= 0.3 is 0 Å². The zero-order valence-electron chi connectivity index (χ0n) is 12.9. The van der Waals surface area contributed by atoms with Crippen LogP contribution in [0.1, 0.15) is 38.3 Å². The third-order valence-corrected chi connectivity index (χ3v) is 3.50. The summed E-state index contributed by atoms with van der Waals surface area (Å²) in [5, 5.41) is 0. The molecule has 0 aromatic heterocycles. The topological polar surface area (TPSA) is 35.2 Å². The Hall–Kier alpha value is -1.94. The molecule has 0 bridgehead atoms. The van der Waals surface area contributed by atoms with Gasteiger partial charge in [-0.25, -0.2) is 8.78 Å². The van der Waals surface area contributed by atoms with Crippen LogP contribution in [0.4, 0.5) is 8.78 Å². The van der Waals surface area contributed by atoms with Crippen molar-refractivity contribution in [3.8, 4) is 11.5 Å². The van der Waals surface area contributed by atoms with Crippen LogP contribution in [0, 0.1) is 17.6 Å². The Morgan fingerprint density at radius 1 is 1.00 bits per heavy atom. The molecule has 0 radical (unpaired) electrons. The van der Waals surface area contributed by atoms with Crippen LogP contribution in [0.5, 0.6) is 11.5 Å². The molecule has 2 aromatic rings. The molecule has 2 aromatic carbocycles. The fraction of sp³-hybridized carbons (Fsp3) is 0.333. The number of nitrogens with two attached hydrogens (primary N) is 1. The summed E-state index contributed by atoms with van der Waals surface area (Å²) in [5.41, 5.74) is 6.32. The quantitative estimate of drug-likeness (QED) is 0.796. The molecule has 2 rings (SSSR count). The minimum Gasteiger partial charge on any atom is -0.451 e. The third kappa shape index (κ3) is 4.04. The van der Waals surface area contributed by atoms with Crippen molar-refractivity contribution in [3.63, 3.8) is 0 Å². The summed E-state index contributed by atoms with van der Waals surface area (Å²) < 4.78 is 33.8. The second kappa shape index (κ2) is 7.36. The summed E-state index contributed by atoms with van der Waals surface area (Å²) >= 11 is 0. The van der Waals surface area contributed by atoms with Crippen LogP contribution < -0.4 is 10.5 Å². The van der Waals surface area contributed by atoms with Gasteiger partial charge in [-0.3, -0.25) is 0 Å². The maximum absolute atomic E-state index is 14.5. The summed E-state index contributed by atoms with van der Waals surface area (Å²) in [5.74, 6) is -0.993. The zero-order valence-corrected chi connectivity index (χ0v) is 12.9. The molecule has 0 fully saturated rings. The molecule has 0 aliphatic carbocycles. The van der Waals surface area contributed by atoms with Crippen molar-refractivity contribution >= 4 is 0 Å². The summed E-state index contributed by atoms with van der Waals surface area (Å²) in [6.07, 6.45) is 1.53. The van der Waals surface area contributed by atoms with Gasteiger partial charge in [0.05, 0.1) is 0 Å². The molecule has 0 spiro atoms. The minimum absolute atomic E-state index is 0.285. The first-order valence-corrected chi connectivity index (χ1v) is 7.45. The highest BCUT2D eigenvalue weighted by Gasteiger charge is 2.20. The van der Waals surface area contributed by atoms with E-state index in [4.69, 9.17) is 10.5 Å². The third-order valence-electron chi connectivity index (χ3n) is 3.50. The standard InChI is InChI=1S/C18H21F2NO/c1-12(2)8-11-16(21)14-9-10-15(19)18(17(14)20)22-13-6-4-3-5-7-13/h3-7,9-10,12,16H,8,11,21H2,1-2H3. The van der Waals surface area contributed by atoms with Crippen molar-refractivity contribution in [1.29, 1.82) is 0 Å². The summed E-state index contributed by atoms with van der Waals surface area (Å²) in [7, 11) is 0. The smallest absolute Gasteiger partial charge is 0.198 e.